The lowest BCUT2D eigenvalue weighted by atomic mass is 9.96. The Morgan fingerprint density at radius 2 is 1.50 bits per heavy atom. The molecular weight excluding hydrogens is 170 g/mol. The van der Waals surface area contributed by atoms with Gasteiger partial charge >= 0.3 is 0 Å². The fourth-order valence-electron chi connectivity index (χ4n) is 0. The van der Waals surface area contributed by atoms with E-state index in [0.29, 0.717) is 0 Å². The Bertz CT molecular complexity index is 84.9. The third-order valence-electron chi connectivity index (χ3n) is 0.739. The van der Waals surface area contributed by atoms with Crippen molar-refractivity contribution in [2.45, 2.75) is 20.8 Å². The van der Waals surface area contributed by atoms with Crippen molar-refractivity contribution >= 4 is 22.9 Å². The number of nitrogens with two attached hydrogens (primary N) is 1. The fourth-order valence-corrected chi connectivity index (χ4v) is 0. The fraction of sp³-hybridized carbons (Fsp3) is 0.800. The van der Waals surface area contributed by atoms with Gasteiger partial charge in [-0.05, 0) is 0 Å². The molecule has 0 aliphatic carbocycles. The summed E-state index contributed by atoms with van der Waals surface area (Å²) in [4.78, 5) is 10.2. The lowest BCUT2D eigenvalue weighted by Crippen LogP contribution is -2.27. The van der Waals surface area contributed by atoms with Crippen molar-refractivity contribution in [3.63, 3.8) is 0 Å². The monoisotopic (exact) mass is 181 g/mol. The van der Waals surface area contributed by atoms with E-state index >= 15 is 0 Å². The molecule has 2 nitrogen and oxygen atoms in total. The van der Waals surface area contributed by atoms with Crippen LogP contribution >= 0.6 is 17.0 Å². The average molecular weight is 182 g/mol. The first kappa shape index (κ1) is 10.8. The van der Waals surface area contributed by atoms with Crippen molar-refractivity contribution in [1.82, 2.24) is 0 Å². The second-order valence-corrected chi connectivity index (χ2v) is 2.61. The second-order valence-electron chi connectivity index (χ2n) is 2.61. The van der Waals surface area contributed by atoms with Crippen LogP contribution in [0.5, 0.6) is 0 Å². The van der Waals surface area contributed by atoms with E-state index < -0.39 is 0 Å². The molecule has 3 heteroatoms. The lowest BCUT2D eigenvalue weighted by Gasteiger charge is -2.10. The maximum Gasteiger partial charge on any atom is 0.222 e. The predicted molar refractivity (Wildman–Crippen MR) is 39.0 cm³/mol. The summed E-state index contributed by atoms with van der Waals surface area (Å²) in [7, 11) is 0. The van der Waals surface area contributed by atoms with Gasteiger partial charge in [0.25, 0.3) is 0 Å². The van der Waals surface area contributed by atoms with Crippen LogP contribution in [-0.4, -0.2) is 5.91 Å². The third kappa shape index (κ3) is 4.12. The second kappa shape index (κ2) is 3.07. The van der Waals surface area contributed by atoms with Gasteiger partial charge in [0, 0.05) is 5.41 Å². The van der Waals surface area contributed by atoms with Crippen LogP contribution < -0.4 is 5.73 Å². The minimum Gasteiger partial charge on any atom is -0.369 e. The Kier molecular flexibility index (Phi) is 4.16. The normalized spacial score (nSPS) is 9.88. The van der Waals surface area contributed by atoms with Gasteiger partial charge in [0.05, 0.1) is 0 Å². The summed E-state index contributed by atoms with van der Waals surface area (Å²) in [5.74, 6) is -0.257. The summed E-state index contributed by atoms with van der Waals surface area (Å²) in [6.07, 6.45) is 0. The van der Waals surface area contributed by atoms with Crippen LogP contribution in [0.2, 0.25) is 0 Å². The van der Waals surface area contributed by atoms with E-state index in [1.807, 2.05) is 0 Å². The summed E-state index contributed by atoms with van der Waals surface area (Å²) in [5.41, 5.74) is 4.57. The largest absolute Gasteiger partial charge is 0.369 e. The van der Waals surface area contributed by atoms with Gasteiger partial charge in [-0.2, -0.15) is 0 Å². The van der Waals surface area contributed by atoms with Gasteiger partial charge in [0.15, 0.2) is 0 Å². The highest BCUT2D eigenvalue weighted by Crippen LogP contribution is 2.09. The third-order valence-corrected chi connectivity index (χ3v) is 0.739. The molecule has 0 aromatic carbocycles. The zero-order valence-electron chi connectivity index (χ0n) is 5.39. The first-order valence-electron chi connectivity index (χ1n) is 2.24. The van der Waals surface area contributed by atoms with Crippen LogP contribution in [0.1, 0.15) is 20.8 Å². The highest BCUT2D eigenvalue weighted by atomic mass is 79.9. The summed E-state index contributed by atoms with van der Waals surface area (Å²) < 4.78 is 0. The van der Waals surface area contributed by atoms with Gasteiger partial charge < -0.3 is 5.73 Å². The Balaban J connectivity index is 0. The molecule has 0 rings (SSSR count). The van der Waals surface area contributed by atoms with Crippen molar-refractivity contribution < 1.29 is 4.79 Å². The zero-order valence-corrected chi connectivity index (χ0v) is 7.11. The number of carbonyl (C=O) groups is 1. The van der Waals surface area contributed by atoms with Crippen LogP contribution in [-0.2, 0) is 4.79 Å². The lowest BCUT2D eigenvalue weighted by molar-refractivity contribution is -0.125. The Morgan fingerprint density at radius 3 is 1.50 bits per heavy atom. The van der Waals surface area contributed by atoms with Gasteiger partial charge in [-0.3, -0.25) is 4.79 Å². The molecule has 0 heterocycles. The molecule has 0 unspecified atom stereocenters. The number of hydrogen-bond acceptors (Lipinski definition) is 1. The van der Waals surface area contributed by atoms with Crippen LogP contribution in [0.25, 0.3) is 0 Å². The van der Waals surface area contributed by atoms with Crippen molar-refractivity contribution in [2.75, 3.05) is 0 Å². The molecule has 0 atom stereocenters. The predicted octanol–water partition coefficient (Wildman–Crippen LogP) is 1.10. The molecule has 0 aliphatic heterocycles. The van der Waals surface area contributed by atoms with E-state index in [4.69, 9.17) is 5.73 Å². The number of hydrogen-bond donors (Lipinski definition) is 1. The van der Waals surface area contributed by atoms with E-state index in [1.54, 1.807) is 20.8 Å². The average Bonchev–Trinajstić information content (AvgIpc) is 1.31. The maximum atomic E-state index is 10.2. The van der Waals surface area contributed by atoms with Gasteiger partial charge in [-0.1, -0.05) is 20.8 Å². The van der Waals surface area contributed by atoms with E-state index in [-0.39, 0.29) is 28.3 Å². The Hall–Kier alpha value is -0.0500. The van der Waals surface area contributed by atoms with E-state index in [1.165, 1.54) is 0 Å². The number of rotatable bonds is 0. The Morgan fingerprint density at radius 1 is 1.38 bits per heavy atom. The number of carbonyl (C=O) groups excluding carboxylic acids is 1. The van der Waals surface area contributed by atoms with Crippen LogP contribution in [0, 0.1) is 5.41 Å². The topological polar surface area (TPSA) is 43.1 Å². The van der Waals surface area contributed by atoms with Crippen molar-refractivity contribution in [1.29, 1.82) is 0 Å². The standard InChI is InChI=1S/C5H11NO.BrH/c1-5(2,3)4(6)7;/h1-3H3,(H2,6,7);1H. The molecule has 0 saturated carbocycles. The van der Waals surface area contributed by atoms with E-state index in [2.05, 4.69) is 0 Å². The van der Waals surface area contributed by atoms with Gasteiger partial charge in [-0.15, -0.1) is 17.0 Å². The Labute approximate surface area is 60.2 Å². The molecule has 0 aliphatic rings. The molecule has 0 fully saturated rings. The first-order valence-corrected chi connectivity index (χ1v) is 2.24. The zero-order chi connectivity index (χ0) is 6.08. The molecule has 2 N–H and O–H groups in total. The van der Waals surface area contributed by atoms with E-state index in [9.17, 15) is 4.79 Å². The number of primary amides is 1. The molecular formula is C5H12BrNO. The molecule has 50 valence electrons. The summed E-state index contributed by atoms with van der Waals surface area (Å²) in [5, 5.41) is 0. The minimum atomic E-state index is -0.361. The highest BCUT2D eigenvalue weighted by molar-refractivity contribution is 8.93. The highest BCUT2D eigenvalue weighted by Gasteiger charge is 2.16. The number of halogens is 1. The van der Waals surface area contributed by atoms with Crippen LogP contribution in [0.15, 0.2) is 0 Å². The quantitative estimate of drug-likeness (QED) is 0.598. The summed E-state index contributed by atoms with van der Waals surface area (Å²) in [6.45, 7) is 5.36. The molecule has 0 saturated heterocycles. The smallest absolute Gasteiger partial charge is 0.222 e. The molecule has 0 aromatic rings. The van der Waals surface area contributed by atoms with Gasteiger partial charge in [0.1, 0.15) is 0 Å². The van der Waals surface area contributed by atoms with E-state index in [0.717, 1.165) is 0 Å². The molecule has 0 radical (unpaired) electrons. The minimum absolute atomic E-state index is 0. The molecule has 0 aromatic heterocycles. The first-order chi connectivity index (χ1) is 2.94. The summed E-state index contributed by atoms with van der Waals surface area (Å²) in [6, 6.07) is 0. The SMILES string of the molecule is Br.CC(C)(C)C(N)=O. The van der Waals surface area contributed by atoms with Crippen molar-refractivity contribution in [3.05, 3.63) is 0 Å². The molecule has 0 spiro atoms. The van der Waals surface area contributed by atoms with Crippen molar-refractivity contribution in [3.8, 4) is 0 Å². The number of amides is 1. The molecule has 8 heavy (non-hydrogen) atoms. The van der Waals surface area contributed by atoms with Crippen LogP contribution in [0.3, 0.4) is 0 Å². The summed E-state index contributed by atoms with van der Waals surface area (Å²) >= 11 is 0. The van der Waals surface area contributed by atoms with Gasteiger partial charge in [0.2, 0.25) is 5.91 Å². The van der Waals surface area contributed by atoms with Gasteiger partial charge in [-0.25, -0.2) is 0 Å². The molecule has 0 bridgehead atoms. The molecule has 1 amide bonds. The van der Waals surface area contributed by atoms with Crippen LogP contribution in [0.4, 0.5) is 0 Å². The maximum absolute atomic E-state index is 10.2. The van der Waals surface area contributed by atoms with Crippen molar-refractivity contribution in [2.24, 2.45) is 11.1 Å².